The SMILES string of the molecule is Cc1ccc(C)c2c1C1c3c(C)ccc(C)c3C2C(OC(=O)c2ccccc2)C1OC(=O)c1ccccc1. The number of benzene rings is 4. The Hall–Kier alpha value is -4.18. The van der Waals surface area contributed by atoms with Crippen molar-refractivity contribution in [2.45, 2.75) is 51.7 Å². The van der Waals surface area contributed by atoms with Gasteiger partial charge in [0.15, 0.2) is 12.2 Å². The Morgan fingerprint density at radius 1 is 0.474 bits per heavy atom. The van der Waals surface area contributed by atoms with Crippen LogP contribution in [0.3, 0.4) is 0 Å². The summed E-state index contributed by atoms with van der Waals surface area (Å²) in [6.45, 7) is 8.46. The number of carbonyl (C=O) groups excluding carboxylic acids is 2. The van der Waals surface area contributed by atoms with E-state index in [1.807, 2.05) is 36.4 Å². The highest BCUT2D eigenvalue weighted by Crippen LogP contribution is 2.58. The highest BCUT2D eigenvalue weighted by Gasteiger charge is 2.55. The summed E-state index contributed by atoms with van der Waals surface area (Å²) in [5, 5.41) is 0. The zero-order valence-corrected chi connectivity index (χ0v) is 22.0. The monoisotopic (exact) mass is 502 g/mol. The lowest BCUT2D eigenvalue weighted by atomic mass is 9.57. The zero-order valence-electron chi connectivity index (χ0n) is 22.0. The number of hydrogen-bond donors (Lipinski definition) is 0. The molecule has 4 heteroatoms. The van der Waals surface area contributed by atoms with E-state index in [9.17, 15) is 9.59 Å². The summed E-state index contributed by atoms with van der Waals surface area (Å²) in [6, 6.07) is 26.6. The molecule has 0 amide bonds. The third-order valence-electron chi connectivity index (χ3n) is 8.18. The van der Waals surface area contributed by atoms with E-state index in [4.69, 9.17) is 9.47 Å². The van der Waals surface area contributed by atoms with Crippen LogP contribution in [0.5, 0.6) is 0 Å². The number of rotatable bonds is 4. The molecule has 190 valence electrons. The summed E-state index contributed by atoms with van der Waals surface area (Å²) >= 11 is 0. The van der Waals surface area contributed by atoms with E-state index in [-0.39, 0.29) is 11.8 Å². The fraction of sp³-hybridized carbons (Fsp3) is 0.235. The van der Waals surface area contributed by atoms with Crippen molar-refractivity contribution >= 4 is 11.9 Å². The molecular weight excluding hydrogens is 472 g/mol. The molecule has 0 aromatic heterocycles. The first-order valence-electron chi connectivity index (χ1n) is 13.1. The minimum absolute atomic E-state index is 0.244. The molecule has 0 aliphatic heterocycles. The standard InChI is InChI=1S/C34H30O4/c1-19-15-16-20(2)26-25(19)29-27-21(3)17-18-22(4)28(27)30(26)32(38-34(36)24-13-9-6-10-14-24)31(29)37-33(35)23-11-7-5-8-12-23/h5-18,29-32H,1-4H3. The molecular formula is C34H30O4. The quantitative estimate of drug-likeness (QED) is 0.283. The third-order valence-corrected chi connectivity index (χ3v) is 8.18. The highest BCUT2D eigenvalue weighted by atomic mass is 16.6. The molecule has 3 aliphatic rings. The maximum Gasteiger partial charge on any atom is 0.338 e. The molecule has 0 spiro atoms. The molecule has 0 heterocycles. The van der Waals surface area contributed by atoms with Gasteiger partial charge in [0.1, 0.15) is 0 Å². The maximum atomic E-state index is 13.5. The molecule has 2 bridgehead atoms. The Morgan fingerprint density at radius 2 is 0.763 bits per heavy atom. The lowest BCUT2D eigenvalue weighted by molar-refractivity contribution is -0.0561. The van der Waals surface area contributed by atoms with Crippen molar-refractivity contribution in [3.05, 3.63) is 141 Å². The van der Waals surface area contributed by atoms with Crippen molar-refractivity contribution in [2.24, 2.45) is 0 Å². The van der Waals surface area contributed by atoms with Gasteiger partial charge in [-0.05, 0) is 96.5 Å². The fourth-order valence-corrected chi connectivity index (χ4v) is 6.49. The van der Waals surface area contributed by atoms with Gasteiger partial charge >= 0.3 is 11.9 Å². The third kappa shape index (κ3) is 3.75. The first-order valence-corrected chi connectivity index (χ1v) is 13.1. The summed E-state index contributed by atoms with van der Waals surface area (Å²) in [5.41, 5.74) is 10.3. The highest BCUT2D eigenvalue weighted by molar-refractivity contribution is 5.91. The van der Waals surface area contributed by atoms with Gasteiger partial charge in [0.25, 0.3) is 0 Å². The van der Waals surface area contributed by atoms with Gasteiger partial charge < -0.3 is 9.47 Å². The number of fused-ring (bicyclic) bond motifs is 1. The molecule has 0 saturated carbocycles. The van der Waals surface area contributed by atoms with Crippen molar-refractivity contribution in [2.75, 3.05) is 0 Å². The van der Waals surface area contributed by atoms with E-state index < -0.39 is 24.1 Å². The Morgan fingerprint density at radius 3 is 1.05 bits per heavy atom. The molecule has 3 aliphatic carbocycles. The van der Waals surface area contributed by atoms with Crippen molar-refractivity contribution in [1.82, 2.24) is 0 Å². The van der Waals surface area contributed by atoms with Gasteiger partial charge in [0.05, 0.1) is 23.0 Å². The van der Waals surface area contributed by atoms with Crippen LogP contribution in [0.1, 0.15) is 77.1 Å². The molecule has 38 heavy (non-hydrogen) atoms. The van der Waals surface area contributed by atoms with Gasteiger partial charge in [-0.2, -0.15) is 0 Å². The van der Waals surface area contributed by atoms with E-state index in [0.29, 0.717) is 11.1 Å². The second-order valence-electron chi connectivity index (χ2n) is 10.5. The van der Waals surface area contributed by atoms with Crippen molar-refractivity contribution in [1.29, 1.82) is 0 Å². The van der Waals surface area contributed by atoms with Crippen molar-refractivity contribution < 1.29 is 19.1 Å². The average Bonchev–Trinajstić information content (AvgIpc) is 2.94. The first-order chi connectivity index (χ1) is 18.4. The minimum Gasteiger partial charge on any atom is -0.454 e. The molecule has 4 nitrogen and oxygen atoms in total. The fourth-order valence-electron chi connectivity index (χ4n) is 6.49. The summed E-state index contributed by atoms with van der Waals surface area (Å²) < 4.78 is 12.7. The number of ether oxygens (including phenoxy) is 2. The number of aryl methyl sites for hydroxylation is 4. The van der Waals surface area contributed by atoms with Gasteiger partial charge in [0, 0.05) is 0 Å². The molecule has 4 aromatic carbocycles. The Balaban J connectivity index is 1.56. The number of hydrogen-bond acceptors (Lipinski definition) is 4. The lowest BCUT2D eigenvalue weighted by Gasteiger charge is -2.51. The smallest absolute Gasteiger partial charge is 0.338 e. The van der Waals surface area contributed by atoms with Crippen LogP contribution in [0.25, 0.3) is 0 Å². The number of esters is 2. The molecule has 2 atom stereocenters. The van der Waals surface area contributed by atoms with Gasteiger partial charge in [-0.25, -0.2) is 9.59 Å². The van der Waals surface area contributed by atoms with Gasteiger partial charge in [-0.3, -0.25) is 0 Å². The van der Waals surface area contributed by atoms with E-state index in [1.54, 1.807) is 24.3 Å². The predicted octanol–water partition coefficient (Wildman–Crippen LogP) is 6.96. The molecule has 2 unspecified atom stereocenters. The van der Waals surface area contributed by atoms with Crippen LogP contribution in [0.2, 0.25) is 0 Å². The second-order valence-corrected chi connectivity index (χ2v) is 10.5. The zero-order chi connectivity index (χ0) is 26.6. The van der Waals surface area contributed by atoms with E-state index in [0.717, 1.165) is 22.3 Å². The largest absolute Gasteiger partial charge is 0.454 e. The van der Waals surface area contributed by atoms with Crippen molar-refractivity contribution in [3.63, 3.8) is 0 Å². The van der Waals surface area contributed by atoms with Crippen LogP contribution in [0.4, 0.5) is 0 Å². The molecule has 7 rings (SSSR count). The molecule has 0 fully saturated rings. The second kappa shape index (κ2) is 9.29. The Bertz CT molecular complexity index is 1380. The Labute approximate surface area is 223 Å². The predicted molar refractivity (Wildman–Crippen MR) is 147 cm³/mol. The average molecular weight is 503 g/mol. The van der Waals surface area contributed by atoms with Crippen LogP contribution in [0, 0.1) is 27.7 Å². The van der Waals surface area contributed by atoms with Crippen LogP contribution >= 0.6 is 0 Å². The summed E-state index contributed by atoms with van der Waals surface area (Å²) in [4.78, 5) is 26.9. The molecule has 0 radical (unpaired) electrons. The summed E-state index contributed by atoms with van der Waals surface area (Å²) in [5.74, 6) is -1.32. The van der Waals surface area contributed by atoms with Gasteiger partial charge in [-0.1, -0.05) is 60.7 Å². The van der Waals surface area contributed by atoms with Crippen LogP contribution in [0.15, 0.2) is 84.9 Å². The van der Waals surface area contributed by atoms with Crippen LogP contribution in [-0.2, 0) is 9.47 Å². The molecule has 4 aromatic rings. The molecule has 0 saturated heterocycles. The van der Waals surface area contributed by atoms with Crippen LogP contribution < -0.4 is 0 Å². The maximum absolute atomic E-state index is 13.5. The minimum atomic E-state index is -0.665. The van der Waals surface area contributed by atoms with Gasteiger partial charge in [-0.15, -0.1) is 0 Å². The van der Waals surface area contributed by atoms with E-state index in [2.05, 4.69) is 52.0 Å². The Kier molecular flexibility index (Phi) is 5.91. The van der Waals surface area contributed by atoms with E-state index in [1.165, 1.54) is 22.3 Å². The van der Waals surface area contributed by atoms with E-state index >= 15 is 0 Å². The van der Waals surface area contributed by atoms with Gasteiger partial charge in [0.2, 0.25) is 0 Å². The first kappa shape index (κ1) is 24.2. The lowest BCUT2D eigenvalue weighted by Crippen LogP contribution is -2.52. The number of carbonyl (C=O) groups is 2. The van der Waals surface area contributed by atoms with Crippen LogP contribution in [-0.4, -0.2) is 24.1 Å². The topological polar surface area (TPSA) is 52.6 Å². The normalized spacial score (nSPS) is 20.8. The van der Waals surface area contributed by atoms with Crippen molar-refractivity contribution in [3.8, 4) is 0 Å². The summed E-state index contributed by atoms with van der Waals surface area (Å²) in [7, 11) is 0. The summed E-state index contributed by atoms with van der Waals surface area (Å²) in [6.07, 6.45) is -1.33. The molecule has 0 N–H and O–H groups in total.